The van der Waals surface area contributed by atoms with Crippen LogP contribution >= 0.6 is 0 Å². The van der Waals surface area contributed by atoms with Gasteiger partial charge in [-0.1, -0.05) is 12.1 Å². The second kappa shape index (κ2) is 3.44. The molecule has 0 fully saturated rings. The van der Waals surface area contributed by atoms with E-state index < -0.39 is 11.6 Å². The molecule has 84 valence electrons. The number of hydrogen-bond acceptors (Lipinski definition) is 3. The summed E-state index contributed by atoms with van der Waals surface area (Å²) in [6, 6.07) is 5.51. The number of hydrogen-bond donors (Lipinski definition) is 0. The zero-order valence-electron chi connectivity index (χ0n) is 9.66. The molecule has 1 heterocycles. The first-order chi connectivity index (χ1) is 7.44. The van der Waals surface area contributed by atoms with Gasteiger partial charge in [0.15, 0.2) is 11.4 Å². The average Bonchev–Trinajstić information content (AvgIpc) is 2.19. The Morgan fingerprint density at radius 1 is 1.44 bits per heavy atom. The molecule has 0 saturated heterocycles. The monoisotopic (exact) mass is 218 g/mol. The number of carbonyl (C=O) groups is 2. The smallest absolute Gasteiger partial charge is 0.339 e. The lowest BCUT2D eigenvalue weighted by atomic mass is 9.85. The predicted octanol–water partition coefficient (Wildman–Crippen LogP) is 2.06. The number of cyclic esters (lactones) is 1. The van der Waals surface area contributed by atoms with Gasteiger partial charge in [0.2, 0.25) is 0 Å². The molecule has 0 radical (unpaired) electrons. The van der Waals surface area contributed by atoms with Crippen LogP contribution in [0.15, 0.2) is 18.2 Å². The number of ketones is 1. The van der Waals surface area contributed by atoms with E-state index in [4.69, 9.17) is 4.74 Å². The summed E-state index contributed by atoms with van der Waals surface area (Å²) < 4.78 is 5.23. The number of benzene rings is 1. The van der Waals surface area contributed by atoms with Crippen molar-refractivity contribution in [1.82, 2.24) is 0 Å². The molecule has 16 heavy (non-hydrogen) atoms. The topological polar surface area (TPSA) is 43.4 Å². The first kappa shape index (κ1) is 10.9. The van der Waals surface area contributed by atoms with Crippen LogP contribution in [-0.4, -0.2) is 17.4 Å². The summed E-state index contributed by atoms with van der Waals surface area (Å²) in [5.41, 5.74) is 1.53. The molecule has 3 nitrogen and oxygen atoms in total. The molecule has 1 aromatic carbocycles. The second-order valence-electron chi connectivity index (χ2n) is 4.45. The number of esters is 1. The number of rotatable bonds is 1. The van der Waals surface area contributed by atoms with Gasteiger partial charge in [-0.25, -0.2) is 4.79 Å². The maximum atomic E-state index is 11.8. The molecule has 0 N–H and O–H groups in total. The molecule has 0 aliphatic carbocycles. The van der Waals surface area contributed by atoms with E-state index in [1.165, 1.54) is 6.92 Å². The molecule has 0 amide bonds. The summed E-state index contributed by atoms with van der Waals surface area (Å²) in [6.45, 7) is 5.07. The molecule has 1 aliphatic heterocycles. The van der Waals surface area contributed by atoms with Crippen LogP contribution in [0.3, 0.4) is 0 Å². The van der Waals surface area contributed by atoms with Gasteiger partial charge in [-0.3, -0.25) is 4.79 Å². The Bertz CT molecular complexity index is 476. The highest BCUT2D eigenvalue weighted by Gasteiger charge is 2.40. The van der Waals surface area contributed by atoms with E-state index in [0.29, 0.717) is 12.0 Å². The highest BCUT2D eigenvalue weighted by molar-refractivity contribution is 5.97. The number of ether oxygens (including phenoxy) is 1. The molecule has 0 aromatic heterocycles. The summed E-state index contributed by atoms with van der Waals surface area (Å²) in [7, 11) is 0. The van der Waals surface area contributed by atoms with Gasteiger partial charge in [0, 0.05) is 6.42 Å². The van der Waals surface area contributed by atoms with Gasteiger partial charge in [-0.15, -0.1) is 0 Å². The summed E-state index contributed by atoms with van der Waals surface area (Å²) >= 11 is 0. The molecule has 1 unspecified atom stereocenters. The number of aryl methyl sites for hydroxylation is 1. The lowest BCUT2D eigenvalue weighted by molar-refractivity contribution is -0.135. The Hall–Kier alpha value is -1.64. The standard InChI is InChI=1S/C13H14O3/c1-8-5-4-6-10-11(8)7-13(3,9(2)14)16-12(10)15/h4-6H,7H2,1-3H3. The minimum atomic E-state index is -1.00. The van der Waals surface area contributed by atoms with Gasteiger partial charge in [0.25, 0.3) is 0 Å². The fourth-order valence-electron chi connectivity index (χ4n) is 1.96. The predicted molar refractivity (Wildman–Crippen MR) is 59.4 cm³/mol. The normalized spacial score (nSPS) is 23.6. The summed E-state index contributed by atoms with van der Waals surface area (Å²) in [6.07, 6.45) is 0.468. The van der Waals surface area contributed by atoms with Gasteiger partial charge >= 0.3 is 5.97 Å². The second-order valence-corrected chi connectivity index (χ2v) is 4.45. The van der Waals surface area contributed by atoms with E-state index in [1.54, 1.807) is 13.0 Å². The van der Waals surface area contributed by atoms with E-state index in [9.17, 15) is 9.59 Å². The van der Waals surface area contributed by atoms with Gasteiger partial charge in [-0.2, -0.15) is 0 Å². The first-order valence-electron chi connectivity index (χ1n) is 5.27. The van der Waals surface area contributed by atoms with Crippen molar-refractivity contribution in [1.29, 1.82) is 0 Å². The zero-order valence-corrected chi connectivity index (χ0v) is 9.66. The first-order valence-corrected chi connectivity index (χ1v) is 5.27. The van der Waals surface area contributed by atoms with Crippen molar-refractivity contribution < 1.29 is 14.3 Å². The van der Waals surface area contributed by atoms with Crippen LogP contribution in [0, 0.1) is 6.92 Å². The van der Waals surface area contributed by atoms with Crippen LogP contribution in [0.2, 0.25) is 0 Å². The highest BCUT2D eigenvalue weighted by atomic mass is 16.6. The van der Waals surface area contributed by atoms with Crippen molar-refractivity contribution >= 4 is 11.8 Å². The zero-order chi connectivity index (χ0) is 11.9. The third kappa shape index (κ3) is 1.52. The average molecular weight is 218 g/mol. The molecular formula is C13H14O3. The third-order valence-electron chi connectivity index (χ3n) is 3.21. The molecule has 0 spiro atoms. The van der Waals surface area contributed by atoms with Gasteiger partial charge in [0.1, 0.15) is 0 Å². The molecule has 3 heteroatoms. The third-order valence-corrected chi connectivity index (χ3v) is 3.21. The Labute approximate surface area is 94.4 Å². The van der Waals surface area contributed by atoms with Crippen molar-refractivity contribution in [3.8, 4) is 0 Å². The van der Waals surface area contributed by atoms with E-state index in [-0.39, 0.29) is 5.78 Å². The minimum Gasteiger partial charge on any atom is -0.447 e. The molecule has 1 aromatic rings. The van der Waals surface area contributed by atoms with Crippen LogP contribution in [0.5, 0.6) is 0 Å². The van der Waals surface area contributed by atoms with E-state index >= 15 is 0 Å². The number of Topliss-reactive ketones (excluding diaryl/α,β-unsaturated/α-hetero) is 1. The van der Waals surface area contributed by atoms with Crippen LogP contribution in [0.4, 0.5) is 0 Å². The number of carbonyl (C=O) groups excluding carboxylic acids is 2. The molecule has 1 aliphatic rings. The van der Waals surface area contributed by atoms with E-state index in [0.717, 1.165) is 11.1 Å². The Morgan fingerprint density at radius 2 is 2.12 bits per heavy atom. The van der Waals surface area contributed by atoms with Crippen LogP contribution < -0.4 is 0 Å². The van der Waals surface area contributed by atoms with Gasteiger partial charge < -0.3 is 4.74 Å². The summed E-state index contributed by atoms with van der Waals surface area (Å²) in [4.78, 5) is 23.3. The Kier molecular flexibility index (Phi) is 2.34. The van der Waals surface area contributed by atoms with E-state index in [1.807, 2.05) is 19.1 Å². The number of fused-ring (bicyclic) bond motifs is 1. The molecule has 0 saturated carbocycles. The van der Waals surface area contributed by atoms with Crippen molar-refractivity contribution in [2.45, 2.75) is 32.8 Å². The maximum Gasteiger partial charge on any atom is 0.339 e. The van der Waals surface area contributed by atoms with Crippen molar-refractivity contribution in [3.05, 3.63) is 34.9 Å². The van der Waals surface area contributed by atoms with Gasteiger partial charge in [0.05, 0.1) is 5.56 Å². The van der Waals surface area contributed by atoms with E-state index in [2.05, 4.69) is 0 Å². The largest absolute Gasteiger partial charge is 0.447 e. The quantitative estimate of drug-likeness (QED) is 0.677. The molecule has 0 bridgehead atoms. The molecule has 1 atom stereocenters. The van der Waals surface area contributed by atoms with Crippen LogP contribution in [0.25, 0.3) is 0 Å². The van der Waals surface area contributed by atoms with Crippen molar-refractivity contribution in [3.63, 3.8) is 0 Å². The lowest BCUT2D eigenvalue weighted by Gasteiger charge is -2.32. The van der Waals surface area contributed by atoms with Crippen molar-refractivity contribution in [2.75, 3.05) is 0 Å². The molecule has 2 rings (SSSR count). The Morgan fingerprint density at radius 3 is 2.75 bits per heavy atom. The van der Waals surface area contributed by atoms with Crippen LogP contribution in [0.1, 0.15) is 35.3 Å². The Balaban J connectivity index is 2.54. The fraction of sp³-hybridized carbons (Fsp3) is 0.385. The fourth-order valence-corrected chi connectivity index (χ4v) is 1.96. The lowest BCUT2D eigenvalue weighted by Crippen LogP contribution is -2.45. The maximum absolute atomic E-state index is 11.8. The summed E-state index contributed by atoms with van der Waals surface area (Å²) in [5, 5.41) is 0. The minimum absolute atomic E-state index is 0.116. The SMILES string of the molecule is CC(=O)C1(C)Cc2c(C)cccc2C(=O)O1. The summed E-state index contributed by atoms with van der Waals surface area (Å²) in [5.74, 6) is -0.516. The van der Waals surface area contributed by atoms with Crippen molar-refractivity contribution in [2.24, 2.45) is 0 Å². The van der Waals surface area contributed by atoms with Crippen LogP contribution in [-0.2, 0) is 16.0 Å². The molecular weight excluding hydrogens is 204 g/mol. The van der Waals surface area contributed by atoms with Gasteiger partial charge in [-0.05, 0) is 38.0 Å². The highest BCUT2D eigenvalue weighted by Crippen LogP contribution is 2.30.